The molecular formula is C17H25N7O2. The molecule has 0 bridgehead atoms. The summed E-state index contributed by atoms with van der Waals surface area (Å²) >= 11 is 0. The van der Waals surface area contributed by atoms with E-state index < -0.39 is 0 Å². The van der Waals surface area contributed by atoms with Crippen molar-refractivity contribution in [1.82, 2.24) is 30.4 Å². The average Bonchev–Trinajstić information content (AvgIpc) is 2.93. The van der Waals surface area contributed by atoms with Crippen LogP contribution in [0.15, 0.2) is 18.2 Å². The van der Waals surface area contributed by atoms with E-state index in [0.717, 1.165) is 36.5 Å². The molecule has 0 spiro atoms. The summed E-state index contributed by atoms with van der Waals surface area (Å²) in [5.74, 6) is 0.805. The van der Waals surface area contributed by atoms with Crippen LogP contribution >= 0.6 is 0 Å². The zero-order chi connectivity index (χ0) is 18.5. The summed E-state index contributed by atoms with van der Waals surface area (Å²) in [7, 11) is 3.78. The van der Waals surface area contributed by atoms with Crippen molar-refractivity contribution in [2.45, 2.75) is 6.92 Å². The Bertz CT molecular complexity index is 761. The van der Waals surface area contributed by atoms with Crippen LogP contribution in [0.1, 0.15) is 5.56 Å². The van der Waals surface area contributed by atoms with Crippen LogP contribution in [-0.4, -0.2) is 71.0 Å². The minimum atomic E-state index is -0.232. The Hall–Kier alpha value is -2.52. The summed E-state index contributed by atoms with van der Waals surface area (Å²) < 4.78 is 5.58. The Labute approximate surface area is 152 Å². The second-order valence-corrected chi connectivity index (χ2v) is 6.67. The van der Waals surface area contributed by atoms with Gasteiger partial charge in [-0.25, -0.2) is 4.79 Å². The topological polar surface area (TPSA) is 97.2 Å². The zero-order valence-corrected chi connectivity index (χ0v) is 15.4. The largest absolute Gasteiger partial charge is 0.380 e. The predicted octanol–water partition coefficient (Wildman–Crippen LogP) is 0.885. The zero-order valence-electron chi connectivity index (χ0n) is 15.4. The first-order valence-electron chi connectivity index (χ1n) is 8.67. The number of aryl methyl sites for hydroxylation is 2. The molecule has 2 heterocycles. The third-order valence-electron chi connectivity index (χ3n) is 4.34. The van der Waals surface area contributed by atoms with Crippen molar-refractivity contribution in [2.24, 2.45) is 13.0 Å². The van der Waals surface area contributed by atoms with Crippen molar-refractivity contribution >= 4 is 11.7 Å². The van der Waals surface area contributed by atoms with Gasteiger partial charge >= 0.3 is 6.03 Å². The normalized spacial score (nSPS) is 18.3. The van der Waals surface area contributed by atoms with E-state index in [-0.39, 0.29) is 11.9 Å². The Morgan fingerprint density at radius 3 is 3.00 bits per heavy atom. The van der Waals surface area contributed by atoms with Gasteiger partial charge in [-0.1, -0.05) is 12.1 Å². The van der Waals surface area contributed by atoms with Crippen LogP contribution in [0.3, 0.4) is 0 Å². The third kappa shape index (κ3) is 4.77. The molecule has 2 N–H and O–H groups in total. The lowest BCUT2D eigenvalue weighted by molar-refractivity contribution is 0.122. The molecular weight excluding hydrogens is 334 g/mol. The monoisotopic (exact) mass is 359 g/mol. The Morgan fingerprint density at radius 2 is 2.23 bits per heavy atom. The van der Waals surface area contributed by atoms with E-state index in [1.807, 2.05) is 25.1 Å². The highest BCUT2D eigenvalue weighted by Crippen LogP contribution is 2.22. The van der Waals surface area contributed by atoms with E-state index in [0.29, 0.717) is 19.0 Å². The molecule has 1 aromatic carbocycles. The molecule has 0 radical (unpaired) electrons. The van der Waals surface area contributed by atoms with Gasteiger partial charge in [0, 0.05) is 36.8 Å². The van der Waals surface area contributed by atoms with Crippen molar-refractivity contribution in [2.75, 3.05) is 45.2 Å². The highest BCUT2D eigenvalue weighted by molar-refractivity contribution is 5.90. The van der Waals surface area contributed by atoms with E-state index in [1.165, 1.54) is 4.80 Å². The predicted molar refractivity (Wildman–Crippen MR) is 97.8 cm³/mol. The number of tetrazole rings is 1. The molecule has 1 fully saturated rings. The Kier molecular flexibility index (Phi) is 5.79. The number of nitrogens with one attached hydrogen (secondary N) is 2. The van der Waals surface area contributed by atoms with Crippen LogP contribution in [0.2, 0.25) is 0 Å². The second-order valence-electron chi connectivity index (χ2n) is 6.67. The van der Waals surface area contributed by atoms with Crippen LogP contribution in [0.4, 0.5) is 10.5 Å². The van der Waals surface area contributed by atoms with E-state index in [4.69, 9.17) is 4.74 Å². The first kappa shape index (κ1) is 18.3. The molecule has 1 saturated heterocycles. The van der Waals surface area contributed by atoms with Crippen molar-refractivity contribution in [1.29, 1.82) is 0 Å². The van der Waals surface area contributed by atoms with Crippen molar-refractivity contribution < 1.29 is 9.53 Å². The van der Waals surface area contributed by atoms with Crippen LogP contribution in [0.5, 0.6) is 0 Å². The molecule has 2 amide bonds. The number of aromatic nitrogens is 4. The van der Waals surface area contributed by atoms with Gasteiger partial charge in [-0.15, -0.1) is 10.2 Å². The van der Waals surface area contributed by atoms with Gasteiger partial charge in [-0.05, 0) is 30.8 Å². The average molecular weight is 359 g/mol. The second kappa shape index (κ2) is 8.24. The maximum absolute atomic E-state index is 12.3. The number of hydrogen-bond donors (Lipinski definition) is 2. The number of rotatable bonds is 4. The molecule has 1 unspecified atom stereocenters. The molecule has 1 aromatic heterocycles. The van der Waals surface area contributed by atoms with E-state index in [2.05, 4.69) is 38.0 Å². The standard InChI is InChI=1S/C17H25N7O2/c1-12-4-5-14(16-20-22-24(3)21-16)8-15(12)19-17(25)18-9-13-10-23(2)6-7-26-11-13/h4-5,8,13H,6-7,9-11H2,1-3H3,(H2,18,19,25). The van der Waals surface area contributed by atoms with Gasteiger partial charge in [0.2, 0.25) is 5.82 Å². The fraction of sp³-hybridized carbons (Fsp3) is 0.529. The number of carbonyl (C=O) groups excluding carboxylic acids is 1. The minimum absolute atomic E-state index is 0.232. The first-order chi connectivity index (χ1) is 12.5. The van der Waals surface area contributed by atoms with Gasteiger partial charge in [0.15, 0.2) is 0 Å². The highest BCUT2D eigenvalue weighted by atomic mass is 16.5. The molecule has 1 atom stereocenters. The van der Waals surface area contributed by atoms with Gasteiger partial charge in [0.05, 0.1) is 20.3 Å². The lowest BCUT2D eigenvalue weighted by Crippen LogP contribution is -2.38. The maximum atomic E-state index is 12.3. The SMILES string of the molecule is Cc1ccc(-c2nnn(C)n2)cc1NC(=O)NCC1COCCN(C)C1. The molecule has 26 heavy (non-hydrogen) atoms. The smallest absolute Gasteiger partial charge is 0.319 e. The van der Waals surface area contributed by atoms with Gasteiger partial charge < -0.3 is 20.3 Å². The number of benzene rings is 1. The van der Waals surface area contributed by atoms with Crippen molar-refractivity contribution in [3.05, 3.63) is 23.8 Å². The number of anilines is 1. The summed E-state index contributed by atoms with van der Waals surface area (Å²) in [6.45, 7) is 5.75. The van der Waals surface area contributed by atoms with Crippen LogP contribution in [0.25, 0.3) is 11.4 Å². The lowest BCUT2D eigenvalue weighted by atomic mass is 10.1. The van der Waals surface area contributed by atoms with Crippen molar-refractivity contribution in [3.8, 4) is 11.4 Å². The van der Waals surface area contributed by atoms with Crippen LogP contribution < -0.4 is 10.6 Å². The molecule has 140 valence electrons. The Morgan fingerprint density at radius 1 is 1.38 bits per heavy atom. The van der Waals surface area contributed by atoms with Crippen LogP contribution in [0, 0.1) is 12.8 Å². The van der Waals surface area contributed by atoms with E-state index >= 15 is 0 Å². The van der Waals surface area contributed by atoms with Gasteiger partial charge in [0.1, 0.15) is 0 Å². The fourth-order valence-corrected chi connectivity index (χ4v) is 2.88. The van der Waals surface area contributed by atoms with Gasteiger partial charge in [0.25, 0.3) is 0 Å². The molecule has 9 nitrogen and oxygen atoms in total. The fourth-order valence-electron chi connectivity index (χ4n) is 2.88. The number of hydrogen-bond acceptors (Lipinski definition) is 6. The summed E-state index contributed by atoms with van der Waals surface area (Å²) in [6, 6.07) is 5.46. The number of nitrogens with zero attached hydrogens (tertiary/aromatic N) is 5. The molecule has 1 aliphatic rings. The summed E-state index contributed by atoms with van der Waals surface area (Å²) in [4.78, 5) is 15.9. The number of carbonyl (C=O) groups is 1. The Balaban J connectivity index is 1.60. The lowest BCUT2D eigenvalue weighted by Gasteiger charge is -2.19. The molecule has 2 aromatic rings. The number of likely N-dealkylation sites (N-methyl/N-ethyl adjacent to an activating group) is 1. The third-order valence-corrected chi connectivity index (χ3v) is 4.34. The number of amides is 2. The molecule has 1 aliphatic heterocycles. The maximum Gasteiger partial charge on any atom is 0.319 e. The van der Waals surface area contributed by atoms with Gasteiger partial charge in [-0.2, -0.15) is 4.80 Å². The number of ether oxygens (including phenoxy) is 1. The molecule has 0 saturated carbocycles. The van der Waals surface area contributed by atoms with Crippen molar-refractivity contribution in [3.63, 3.8) is 0 Å². The van der Waals surface area contributed by atoms with E-state index in [9.17, 15) is 4.79 Å². The first-order valence-corrected chi connectivity index (χ1v) is 8.67. The van der Waals surface area contributed by atoms with Gasteiger partial charge in [-0.3, -0.25) is 0 Å². The molecule has 0 aliphatic carbocycles. The summed E-state index contributed by atoms with van der Waals surface area (Å²) in [6.07, 6.45) is 0. The van der Waals surface area contributed by atoms with E-state index in [1.54, 1.807) is 7.05 Å². The molecule has 3 rings (SSSR count). The highest BCUT2D eigenvalue weighted by Gasteiger charge is 2.17. The molecule has 9 heteroatoms. The van der Waals surface area contributed by atoms with Crippen LogP contribution in [-0.2, 0) is 11.8 Å². The summed E-state index contributed by atoms with van der Waals surface area (Å²) in [5, 5.41) is 17.9. The quantitative estimate of drug-likeness (QED) is 0.841. The minimum Gasteiger partial charge on any atom is -0.380 e. The number of urea groups is 1. The summed E-state index contributed by atoms with van der Waals surface area (Å²) in [5.41, 5.74) is 2.49.